The maximum atomic E-state index is 12.3. The molecule has 0 bridgehead atoms. The molecule has 1 aliphatic rings. The number of benzene rings is 1. The van der Waals surface area contributed by atoms with E-state index in [1.165, 1.54) is 19.9 Å². The molecule has 2 rings (SSSR count). The van der Waals surface area contributed by atoms with Gasteiger partial charge in [0, 0.05) is 11.6 Å². The summed E-state index contributed by atoms with van der Waals surface area (Å²) < 4.78 is 16.4. The zero-order valence-electron chi connectivity index (χ0n) is 15.2. The van der Waals surface area contributed by atoms with Gasteiger partial charge in [-0.2, -0.15) is 0 Å². The van der Waals surface area contributed by atoms with Crippen LogP contribution in [-0.2, 0) is 9.53 Å². The molecule has 1 aromatic carbocycles. The van der Waals surface area contributed by atoms with Crippen molar-refractivity contribution >= 4 is 19.6 Å². The number of amides is 1. The monoisotopic (exact) mass is 349 g/mol. The molecule has 1 N–H and O–H groups in total. The first kappa shape index (κ1) is 19.1. The first-order valence-corrected chi connectivity index (χ1v) is 8.19. The van der Waals surface area contributed by atoms with Crippen LogP contribution in [0.15, 0.2) is 18.2 Å². The van der Waals surface area contributed by atoms with E-state index in [9.17, 15) is 14.7 Å². The maximum Gasteiger partial charge on any atom is 0.335 e. The van der Waals surface area contributed by atoms with Gasteiger partial charge in [-0.25, -0.2) is 4.79 Å². The Morgan fingerprint density at radius 1 is 1.32 bits per heavy atom. The highest BCUT2D eigenvalue weighted by molar-refractivity contribution is 6.57. The molecule has 3 atom stereocenters. The van der Waals surface area contributed by atoms with Gasteiger partial charge in [-0.15, -0.1) is 0 Å². The quantitative estimate of drug-likeness (QED) is 0.786. The molecule has 1 unspecified atom stereocenters. The second-order valence-electron chi connectivity index (χ2n) is 6.48. The molecule has 0 spiro atoms. The zero-order valence-corrected chi connectivity index (χ0v) is 15.2. The number of carbonyl (C=O) groups is 2. The Kier molecular flexibility index (Phi) is 5.95. The molecule has 8 heteroatoms. The second kappa shape index (κ2) is 7.78. The largest absolute Gasteiger partial charge is 0.497 e. The van der Waals surface area contributed by atoms with Crippen molar-refractivity contribution in [3.05, 3.63) is 23.8 Å². The predicted octanol–water partition coefficient (Wildman–Crippen LogP) is 1.66. The fraction of sp³-hybridized carbons (Fsp3) is 0.529. The number of hydrogen-bond acceptors (Lipinski definition) is 5. The van der Waals surface area contributed by atoms with Crippen LogP contribution in [0.5, 0.6) is 11.5 Å². The number of carboxylic acids is 1. The van der Waals surface area contributed by atoms with Crippen molar-refractivity contribution in [2.45, 2.75) is 38.6 Å². The summed E-state index contributed by atoms with van der Waals surface area (Å²) in [6.45, 7) is 3.97. The number of carbonyl (C=O) groups excluding carboxylic acids is 1. The van der Waals surface area contributed by atoms with E-state index in [1.807, 2.05) is 13.8 Å². The van der Waals surface area contributed by atoms with Crippen molar-refractivity contribution in [3.63, 3.8) is 0 Å². The molecule has 136 valence electrons. The highest BCUT2D eigenvalue weighted by Gasteiger charge is 2.48. The van der Waals surface area contributed by atoms with Gasteiger partial charge in [0.15, 0.2) is 18.1 Å². The Morgan fingerprint density at radius 3 is 2.48 bits per heavy atom. The van der Waals surface area contributed by atoms with Gasteiger partial charge < -0.3 is 24.2 Å². The smallest absolute Gasteiger partial charge is 0.335 e. The van der Waals surface area contributed by atoms with Crippen LogP contribution in [0.25, 0.3) is 0 Å². The fourth-order valence-corrected chi connectivity index (χ4v) is 3.20. The lowest BCUT2D eigenvalue weighted by atomic mass is 9.95. The van der Waals surface area contributed by atoms with Crippen LogP contribution in [0.3, 0.4) is 0 Å². The Morgan fingerprint density at radius 2 is 2.00 bits per heavy atom. The summed E-state index contributed by atoms with van der Waals surface area (Å²) in [6.07, 6.45) is -1.36. The molecule has 7 nitrogen and oxygen atoms in total. The number of rotatable bonds is 6. The van der Waals surface area contributed by atoms with E-state index >= 15 is 0 Å². The Labute approximate surface area is 148 Å². The third kappa shape index (κ3) is 3.90. The van der Waals surface area contributed by atoms with Crippen molar-refractivity contribution in [2.24, 2.45) is 5.92 Å². The van der Waals surface area contributed by atoms with Gasteiger partial charge in [-0.3, -0.25) is 4.79 Å². The lowest BCUT2D eigenvalue weighted by molar-refractivity contribution is -0.150. The highest BCUT2D eigenvalue weighted by atomic mass is 16.6. The van der Waals surface area contributed by atoms with E-state index in [-0.39, 0.29) is 11.7 Å². The lowest BCUT2D eigenvalue weighted by Crippen LogP contribution is -2.43. The third-order valence-corrected chi connectivity index (χ3v) is 4.26. The molecule has 1 aromatic rings. The van der Waals surface area contributed by atoms with Crippen LogP contribution in [0.2, 0.25) is 0 Å². The topological polar surface area (TPSA) is 85.3 Å². The molecule has 1 heterocycles. The number of ether oxygens (including phenoxy) is 3. The summed E-state index contributed by atoms with van der Waals surface area (Å²) in [7, 11) is 4.47. The van der Waals surface area contributed by atoms with Crippen molar-refractivity contribution in [1.29, 1.82) is 0 Å². The third-order valence-electron chi connectivity index (χ3n) is 4.26. The average molecular weight is 349 g/mol. The zero-order chi connectivity index (χ0) is 18.7. The van der Waals surface area contributed by atoms with E-state index in [4.69, 9.17) is 14.2 Å². The van der Waals surface area contributed by atoms with Crippen molar-refractivity contribution < 1.29 is 28.9 Å². The molecule has 0 aliphatic carbocycles. The van der Waals surface area contributed by atoms with Gasteiger partial charge in [-0.05, 0) is 24.5 Å². The molecule has 0 aromatic heterocycles. The van der Waals surface area contributed by atoms with E-state index in [2.05, 4.69) is 0 Å². The lowest BCUT2D eigenvalue weighted by Gasteiger charge is -2.29. The van der Waals surface area contributed by atoms with Crippen molar-refractivity contribution in [1.82, 2.24) is 4.90 Å². The molecule has 1 aliphatic heterocycles. The summed E-state index contributed by atoms with van der Waals surface area (Å²) in [5.74, 6) is -0.0237. The summed E-state index contributed by atoms with van der Waals surface area (Å²) in [5, 5.41) is 9.56. The van der Waals surface area contributed by atoms with Crippen LogP contribution in [0, 0.1) is 5.92 Å². The van der Waals surface area contributed by atoms with E-state index in [0.29, 0.717) is 23.5 Å². The van der Waals surface area contributed by atoms with Crippen LogP contribution in [0.1, 0.15) is 32.1 Å². The predicted molar refractivity (Wildman–Crippen MR) is 93.8 cm³/mol. The second-order valence-corrected chi connectivity index (χ2v) is 6.48. The molecule has 0 saturated carbocycles. The van der Waals surface area contributed by atoms with Gasteiger partial charge in [0.05, 0.1) is 20.3 Å². The SMILES string of the molecule is BC(=O)N1C(c2ccc(OC)cc2OC)O[C@@H](C(=O)O)[C@@H]1CC(C)C. The highest BCUT2D eigenvalue weighted by Crippen LogP contribution is 2.41. The van der Waals surface area contributed by atoms with Crippen LogP contribution in [0.4, 0.5) is 4.79 Å². The first-order valence-electron chi connectivity index (χ1n) is 8.19. The van der Waals surface area contributed by atoms with Gasteiger partial charge in [0.25, 0.3) is 0 Å². The van der Waals surface area contributed by atoms with E-state index in [0.717, 1.165) is 0 Å². The normalized spacial score (nSPS) is 22.9. The fourth-order valence-electron chi connectivity index (χ4n) is 3.20. The minimum absolute atomic E-state index is 0.216. The van der Waals surface area contributed by atoms with Gasteiger partial charge in [0.1, 0.15) is 11.5 Å². The minimum Gasteiger partial charge on any atom is -0.497 e. The molecule has 1 saturated heterocycles. The average Bonchev–Trinajstić information content (AvgIpc) is 2.92. The molecule has 0 radical (unpaired) electrons. The molecular weight excluding hydrogens is 325 g/mol. The maximum absolute atomic E-state index is 12.3. The summed E-state index contributed by atoms with van der Waals surface area (Å²) in [6, 6.07) is 4.61. The molecular formula is C17H24BNO6. The Balaban J connectivity index is 2.48. The van der Waals surface area contributed by atoms with Gasteiger partial charge >= 0.3 is 5.97 Å². The molecule has 1 fully saturated rings. The minimum atomic E-state index is -1.08. The summed E-state index contributed by atoms with van der Waals surface area (Å²) in [5.41, 5.74) is 0.594. The molecule has 1 amide bonds. The standard InChI is InChI=1S/C17H24BNO6/c1-9(2)7-12-14(16(20)21)25-15(19(12)17(18)22)11-6-5-10(23-3)8-13(11)24-4/h5-6,8-9,12,14-15H,7,18H2,1-4H3,(H,20,21)/t12-,14+,15?/m0/s1. The molecule has 25 heavy (non-hydrogen) atoms. The van der Waals surface area contributed by atoms with Crippen LogP contribution >= 0.6 is 0 Å². The number of hydrogen-bond donors (Lipinski definition) is 1. The first-order chi connectivity index (χ1) is 11.8. The van der Waals surface area contributed by atoms with Gasteiger partial charge in [-0.1, -0.05) is 13.8 Å². The Hall–Kier alpha value is -2.22. The number of aliphatic carboxylic acids is 1. The van der Waals surface area contributed by atoms with E-state index < -0.39 is 24.3 Å². The number of methoxy groups -OCH3 is 2. The van der Waals surface area contributed by atoms with E-state index in [1.54, 1.807) is 25.3 Å². The van der Waals surface area contributed by atoms with Gasteiger partial charge in [0.2, 0.25) is 7.85 Å². The van der Waals surface area contributed by atoms with Crippen LogP contribution in [-0.4, -0.2) is 56.0 Å². The summed E-state index contributed by atoms with van der Waals surface area (Å²) >= 11 is 0. The Bertz CT molecular complexity index is 650. The van der Waals surface area contributed by atoms with Crippen molar-refractivity contribution in [3.8, 4) is 11.5 Å². The number of carboxylic acid groups (broad SMARTS) is 1. The van der Waals surface area contributed by atoms with Crippen LogP contribution < -0.4 is 9.47 Å². The van der Waals surface area contributed by atoms with Crippen molar-refractivity contribution in [2.75, 3.05) is 14.2 Å². The number of nitrogens with zero attached hydrogens (tertiary/aromatic N) is 1. The summed E-state index contributed by atoms with van der Waals surface area (Å²) in [4.78, 5) is 25.5.